The van der Waals surface area contributed by atoms with Crippen LogP contribution >= 0.6 is 11.3 Å². The van der Waals surface area contributed by atoms with E-state index in [-0.39, 0.29) is 21.1 Å². The van der Waals surface area contributed by atoms with Crippen molar-refractivity contribution in [1.82, 2.24) is 14.5 Å². The number of hydrogen-bond donors (Lipinski definition) is 0. The molecule has 11 rings (SSSR count). The third kappa shape index (κ3) is 6.91. The van der Waals surface area contributed by atoms with E-state index in [2.05, 4.69) is 193 Å². The standard InChI is InChI=1S/C54H33N3S.Pt/c1-3-11-36(12-4-1)38-18-22-40(23-19-38)42-27-29-50-53(35-42)58-54(56-50)43-26-28-48-47-15-7-8-17-51(47)57(52(48)34-43)46-32-44(31-45(33-46)49-16-9-10-30-55-49)41-24-20-39(21-25-41)37-13-5-2-6-14-37;/h1-32,35H;/q-2;+2. The van der Waals surface area contributed by atoms with Crippen LogP contribution in [0.1, 0.15) is 0 Å². The Kier molecular flexibility index (Phi) is 9.66. The molecule has 0 unspecified atom stereocenters. The molecule has 3 aromatic heterocycles. The zero-order valence-corrected chi connectivity index (χ0v) is 34.7. The second-order valence-corrected chi connectivity index (χ2v) is 15.5. The van der Waals surface area contributed by atoms with Gasteiger partial charge in [-0.3, -0.25) is 4.98 Å². The molecule has 0 fully saturated rings. The van der Waals surface area contributed by atoms with E-state index in [0.717, 1.165) is 70.7 Å². The molecule has 0 N–H and O–H groups in total. The molecule has 3 nitrogen and oxygen atoms in total. The van der Waals surface area contributed by atoms with E-state index in [1.807, 2.05) is 24.4 Å². The van der Waals surface area contributed by atoms with Gasteiger partial charge in [0, 0.05) is 21.4 Å². The third-order valence-corrected chi connectivity index (χ3v) is 11.9. The summed E-state index contributed by atoms with van der Waals surface area (Å²) in [7, 11) is 0. The molecular weight excluding hydrogens is 918 g/mol. The molecule has 0 radical (unpaired) electrons. The van der Waals surface area contributed by atoms with Crippen molar-refractivity contribution in [2.75, 3.05) is 0 Å². The number of hydrogen-bond acceptors (Lipinski definition) is 3. The summed E-state index contributed by atoms with van der Waals surface area (Å²) in [6.07, 6.45) is 1.84. The van der Waals surface area contributed by atoms with E-state index in [4.69, 9.17) is 9.97 Å². The summed E-state index contributed by atoms with van der Waals surface area (Å²) in [4.78, 5) is 9.88. The van der Waals surface area contributed by atoms with Crippen LogP contribution in [-0.4, -0.2) is 14.5 Å². The van der Waals surface area contributed by atoms with Gasteiger partial charge >= 0.3 is 21.1 Å². The van der Waals surface area contributed by atoms with E-state index in [9.17, 15) is 0 Å². The molecule has 0 aliphatic heterocycles. The number of nitrogens with zero attached hydrogens (tertiary/aromatic N) is 3. The van der Waals surface area contributed by atoms with Gasteiger partial charge in [0.2, 0.25) is 0 Å². The molecule has 0 saturated carbocycles. The first kappa shape index (κ1) is 36.6. The monoisotopic (exact) mass is 950 g/mol. The minimum atomic E-state index is 0. The zero-order valence-electron chi connectivity index (χ0n) is 31.6. The Bertz CT molecular complexity index is 3250. The quantitative estimate of drug-likeness (QED) is 0.149. The Morgan fingerprint density at radius 3 is 1.71 bits per heavy atom. The minimum absolute atomic E-state index is 0. The predicted octanol–water partition coefficient (Wildman–Crippen LogP) is 14.4. The molecule has 0 amide bonds. The van der Waals surface area contributed by atoms with Crippen molar-refractivity contribution >= 4 is 43.4 Å². The van der Waals surface area contributed by atoms with E-state index < -0.39 is 0 Å². The number of para-hydroxylation sites is 1. The number of benzene rings is 8. The van der Waals surface area contributed by atoms with Crippen molar-refractivity contribution in [2.45, 2.75) is 0 Å². The van der Waals surface area contributed by atoms with Gasteiger partial charge in [0.15, 0.2) is 0 Å². The first-order valence-corrected chi connectivity index (χ1v) is 20.2. The Hall–Kier alpha value is -6.71. The van der Waals surface area contributed by atoms with Gasteiger partial charge in [-0.1, -0.05) is 157 Å². The van der Waals surface area contributed by atoms with Crippen LogP contribution in [0.2, 0.25) is 0 Å². The maximum atomic E-state index is 5.13. The largest absolute Gasteiger partial charge is 2.00 e. The number of aromatic nitrogens is 3. The van der Waals surface area contributed by atoms with Gasteiger partial charge in [-0.2, -0.15) is 11.3 Å². The van der Waals surface area contributed by atoms with Gasteiger partial charge in [0.25, 0.3) is 0 Å². The van der Waals surface area contributed by atoms with Crippen LogP contribution in [0.5, 0.6) is 0 Å². The van der Waals surface area contributed by atoms with Crippen molar-refractivity contribution in [2.24, 2.45) is 0 Å². The average molecular weight is 951 g/mol. The summed E-state index contributed by atoms with van der Waals surface area (Å²) in [6.45, 7) is 0. The van der Waals surface area contributed by atoms with Crippen LogP contribution in [0.3, 0.4) is 0 Å². The first-order chi connectivity index (χ1) is 28.7. The molecule has 0 saturated heterocycles. The van der Waals surface area contributed by atoms with Gasteiger partial charge in [-0.25, -0.2) is 0 Å². The Morgan fingerprint density at radius 2 is 1.03 bits per heavy atom. The molecule has 280 valence electrons. The summed E-state index contributed by atoms with van der Waals surface area (Å²) in [5.41, 5.74) is 16.1. The minimum Gasteiger partial charge on any atom is -0.346 e. The molecule has 11 aromatic rings. The fraction of sp³-hybridized carbons (Fsp3) is 0. The van der Waals surface area contributed by atoms with Gasteiger partial charge in [0.1, 0.15) is 0 Å². The molecule has 0 atom stereocenters. The summed E-state index contributed by atoms with van der Waals surface area (Å²) in [6, 6.07) is 76.2. The molecule has 8 aromatic carbocycles. The number of pyridine rings is 1. The van der Waals surface area contributed by atoms with Crippen molar-refractivity contribution < 1.29 is 21.1 Å². The summed E-state index contributed by atoms with van der Waals surface area (Å²) in [5.74, 6) is 0. The van der Waals surface area contributed by atoms with Crippen LogP contribution in [0, 0.1) is 12.1 Å². The predicted molar refractivity (Wildman–Crippen MR) is 242 cm³/mol. The SMILES string of the molecule is [Pt+2].[c-]1c(-c2ccccn2)cc(-c2ccc(-c3ccccc3)cc2)cc1-n1c2[c-]c(-c3nc4ccc(-c5ccc(-c6ccccc6)cc5)cc4s3)ccc2c2ccccc21. The summed E-state index contributed by atoms with van der Waals surface area (Å²) < 4.78 is 3.44. The van der Waals surface area contributed by atoms with Crippen LogP contribution in [0.15, 0.2) is 200 Å². The molecule has 0 aliphatic carbocycles. The van der Waals surface area contributed by atoms with Gasteiger partial charge in [-0.15, -0.1) is 47.5 Å². The molecule has 59 heavy (non-hydrogen) atoms. The van der Waals surface area contributed by atoms with Crippen LogP contribution in [-0.2, 0) is 21.1 Å². The number of thiazole rings is 1. The average Bonchev–Trinajstić information content (AvgIpc) is 3.89. The van der Waals surface area contributed by atoms with Gasteiger partial charge < -0.3 is 9.55 Å². The molecule has 0 spiro atoms. The maximum absolute atomic E-state index is 5.13. The zero-order chi connectivity index (χ0) is 38.4. The smallest absolute Gasteiger partial charge is 0.346 e. The van der Waals surface area contributed by atoms with E-state index in [1.165, 1.54) is 33.4 Å². The van der Waals surface area contributed by atoms with Crippen molar-refractivity contribution in [1.29, 1.82) is 0 Å². The van der Waals surface area contributed by atoms with Crippen molar-refractivity contribution in [3.05, 3.63) is 212 Å². The van der Waals surface area contributed by atoms with E-state index in [1.54, 1.807) is 11.3 Å². The van der Waals surface area contributed by atoms with Gasteiger partial charge in [-0.05, 0) is 85.5 Å². The Balaban J connectivity index is 0.00000420. The van der Waals surface area contributed by atoms with Crippen LogP contribution in [0.25, 0.3) is 104 Å². The van der Waals surface area contributed by atoms with Crippen molar-refractivity contribution in [3.63, 3.8) is 0 Å². The van der Waals surface area contributed by atoms with Crippen molar-refractivity contribution in [3.8, 4) is 72.0 Å². The topological polar surface area (TPSA) is 30.7 Å². The number of fused-ring (bicyclic) bond motifs is 4. The first-order valence-electron chi connectivity index (χ1n) is 19.4. The maximum Gasteiger partial charge on any atom is 2.00 e. The number of rotatable bonds is 7. The Labute approximate surface area is 361 Å². The van der Waals surface area contributed by atoms with Crippen LogP contribution < -0.4 is 0 Å². The molecule has 0 bridgehead atoms. The molecule has 0 aliphatic rings. The van der Waals surface area contributed by atoms with Gasteiger partial charge in [0.05, 0.1) is 5.52 Å². The second kappa shape index (κ2) is 15.6. The van der Waals surface area contributed by atoms with E-state index >= 15 is 0 Å². The van der Waals surface area contributed by atoms with Crippen LogP contribution in [0.4, 0.5) is 0 Å². The second-order valence-electron chi connectivity index (χ2n) is 14.5. The summed E-state index contributed by atoms with van der Waals surface area (Å²) >= 11 is 1.71. The fourth-order valence-electron chi connectivity index (χ4n) is 7.96. The molecular formula is C54H33N3PtS. The molecule has 5 heteroatoms. The normalized spacial score (nSPS) is 11.3. The molecule has 3 heterocycles. The summed E-state index contributed by atoms with van der Waals surface area (Å²) in [5, 5.41) is 3.24. The third-order valence-electron chi connectivity index (χ3n) is 10.9. The van der Waals surface area contributed by atoms with E-state index in [0.29, 0.717) is 0 Å². The fourth-order valence-corrected chi connectivity index (χ4v) is 8.95. The Morgan fingerprint density at radius 1 is 0.441 bits per heavy atom.